The highest BCUT2D eigenvalue weighted by molar-refractivity contribution is 9.10. The molecule has 0 aliphatic rings. The van der Waals surface area contributed by atoms with Gasteiger partial charge in [0, 0.05) is 10.2 Å². The molecule has 0 fully saturated rings. The van der Waals surface area contributed by atoms with Crippen molar-refractivity contribution < 1.29 is 9.53 Å². The molecule has 0 saturated heterocycles. The van der Waals surface area contributed by atoms with E-state index in [1.807, 2.05) is 13.8 Å². The number of halogens is 1. The summed E-state index contributed by atoms with van der Waals surface area (Å²) in [6.07, 6.45) is 0. The Morgan fingerprint density at radius 3 is 2.33 bits per heavy atom. The van der Waals surface area contributed by atoms with Crippen LogP contribution in [-0.4, -0.2) is 5.97 Å². The first-order valence-electron chi connectivity index (χ1n) is 6.67. The lowest BCUT2D eigenvalue weighted by atomic mass is 10.0. The summed E-state index contributed by atoms with van der Waals surface area (Å²) < 4.78 is 6.17. The number of benzene rings is 2. The van der Waals surface area contributed by atoms with Crippen LogP contribution in [-0.2, 0) is 11.3 Å². The molecule has 0 saturated carbocycles. The minimum Gasteiger partial charge on any atom is -0.457 e. The van der Waals surface area contributed by atoms with Crippen LogP contribution in [0.1, 0.15) is 32.6 Å². The molecule has 110 valence electrons. The van der Waals surface area contributed by atoms with Gasteiger partial charge in [0.1, 0.15) is 6.61 Å². The molecule has 21 heavy (non-hydrogen) atoms. The van der Waals surface area contributed by atoms with Crippen molar-refractivity contribution in [2.24, 2.45) is 0 Å². The van der Waals surface area contributed by atoms with Gasteiger partial charge in [0.25, 0.3) is 0 Å². The van der Waals surface area contributed by atoms with Gasteiger partial charge in [-0.15, -0.1) is 0 Å². The van der Waals surface area contributed by atoms with E-state index in [1.54, 1.807) is 18.2 Å². The van der Waals surface area contributed by atoms with Crippen LogP contribution in [0.2, 0.25) is 0 Å². The average Bonchev–Trinajstić information content (AvgIpc) is 2.40. The second-order valence-corrected chi connectivity index (χ2v) is 6.04. The molecule has 0 radical (unpaired) electrons. The molecule has 0 amide bonds. The van der Waals surface area contributed by atoms with Crippen molar-refractivity contribution >= 4 is 27.6 Å². The van der Waals surface area contributed by atoms with Gasteiger partial charge in [-0.1, -0.05) is 17.7 Å². The van der Waals surface area contributed by atoms with Crippen molar-refractivity contribution in [3.05, 3.63) is 62.6 Å². The zero-order valence-corrected chi connectivity index (χ0v) is 14.0. The summed E-state index contributed by atoms with van der Waals surface area (Å²) in [6.45, 7) is 6.38. The molecular weight excluding hydrogens is 330 g/mol. The number of carbonyl (C=O) groups is 1. The summed E-state index contributed by atoms with van der Waals surface area (Å²) in [6, 6.07) is 9.23. The van der Waals surface area contributed by atoms with Crippen LogP contribution >= 0.6 is 15.9 Å². The SMILES string of the molecule is Cc1cc(C)c(COC(=O)c2ccc(Br)c(N)c2)c(C)c1. The van der Waals surface area contributed by atoms with E-state index < -0.39 is 0 Å². The summed E-state index contributed by atoms with van der Waals surface area (Å²) in [5.74, 6) is -0.367. The first-order chi connectivity index (χ1) is 9.88. The lowest BCUT2D eigenvalue weighted by Gasteiger charge is -2.12. The minimum atomic E-state index is -0.367. The molecular formula is C17H18BrNO2. The van der Waals surface area contributed by atoms with E-state index in [4.69, 9.17) is 10.5 Å². The summed E-state index contributed by atoms with van der Waals surface area (Å²) in [5.41, 5.74) is 11.3. The van der Waals surface area contributed by atoms with E-state index in [1.165, 1.54) is 5.56 Å². The molecule has 0 atom stereocenters. The number of hydrogen-bond donors (Lipinski definition) is 1. The van der Waals surface area contributed by atoms with Crippen LogP contribution in [0.15, 0.2) is 34.8 Å². The Morgan fingerprint density at radius 1 is 1.14 bits per heavy atom. The monoisotopic (exact) mass is 347 g/mol. The fraction of sp³-hybridized carbons (Fsp3) is 0.235. The zero-order valence-electron chi connectivity index (χ0n) is 12.4. The molecule has 0 aromatic heterocycles. The van der Waals surface area contributed by atoms with E-state index in [-0.39, 0.29) is 12.6 Å². The molecule has 2 aromatic rings. The Labute approximate surface area is 133 Å². The molecule has 4 heteroatoms. The van der Waals surface area contributed by atoms with Gasteiger partial charge < -0.3 is 10.5 Å². The maximum atomic E-state index is 12.1. The van der Waals surface area contributed by atoms with Gasteiger partial charge in [0.2, 0.25) is 0 Å². The number of nitrogens with two attached hydrogens (primary N) is 1. The lowest BCUT2D eigenvalue weighted by molar-refractivity contribution is 0.0471. The predicted octanol–water partition coefficient (Wildman–Crippen LogP) is 4.31. The Morgan fingerprint density at radius 2 is 1.76 bits per heavy atom. The number of aryl methyl sites for hydroxylation is 3. The smallest absolute Gasteiger partial charge is 0.338 e. The number of esters is 1. The third kappa shape index (κ3) is 3.64. The first kappa shape index (κ1) is 15.6. The molecule has 0 aliphatic carbocycles. The summed E-state index contributed by atoms with van der Waals surface area (Å²) in [7, 11) is 0. The van der Waals surface area contributed by atoms with E-state index in [0.29, 0.717) is 11.3 Å². The van der Waals surface area contributed by atoms with E-state index in [9.17, 15) is 4.79 Å². The van der Waals surface area contributed by atoms with Gasteiger partial charge in [-0.05, 0) is 71.6 Å². The molecule has 2 N–H and O–H groups in total. The van der Waals surface area contributed by atoms with E-state index >= 15 is 0 Å². The summed E-state index contributed by atoms with van der Waals surface area (Å²) in [4.78, 5) is 12.1. The number of ether oxygens (including phenoxy) is 1. The highest BCUT2D eigenvalue weighted by Crippen LogP contribution is 2.22. The van der Waals surface area contributed by atoms with Crippen molar-refractivity contribution in [1.82, 2.24) is 0 Å². The summed E-state index contributed by atoms with van der Waals surface area (Å²) >= 11 is 3.30. The summed E-state index contributed by atoms with van der Waals surface area (Å²) in [5, 5.41) is 0. The average molecular weight is 348 g/mol. The number of nitrogen functional groups attached to an aromatic ring is 1. The predicted molar refractivity (Wildman–Crippen MR) is 88.3 cm³/mol. The Bertz CT molecular complexity index is 672. The molecule has 0 aliphatic heterocycles. The molecule has 0 spiro atoms. The van der Waals surface area contributed by atoms with E-state index in [2.05, 4.69) is 35.0 Å². The highest BCUT2D eigenvalue weighted by Gasteiger charge is 2.11. The quantitative estimate of drug-likeness (QED) is 0.664. The van der Waals surface area contributed by atoms with Crippen molar-refractivity contribution in [3.63, 3.8) is 0 Å². The van der Waals surface area contributed by atoms with Gasteiger partial charge in [-0.2, -0.15) is 0 Å². The lowest BCUT2D eigenvalue weighted by Crippen LogP contribution is -2.08. The van der Waals surface area contributed by atoms with Crippen LogP contribution in [0, 0.1) is 20.8 Å². The van der Waals surface area contributed by atoms with Gasteiger partial charge >= 0.3 is 5.97 Å². The van der Waals surface area contributed by atoms with Crippen LogP contribution < -0.4 is 5.73 Å². The fourth-order valence-electron chi connectivity index (χ4n) is 2.33. The maximum Gasteiger partial charge on any atom is 0.338 e. The van der Waals surface area contributed by atoms with Crippen LogP contribution in [0.3, 0.4) is 0 Å². The number of rotatable bonds is 3. The van der Waals surface area contributed by atoms with Crippen LogP contribution in [0.25, 0.3) is 0 Å². The molecule has 2 rings (SSSR count). The van der Waals surface area contributed by atoms with Gasteiger partial charge in [0.15, 0.2) is 0 Å². The van der Waals surface area contributed by atoms with Crippen molar-refractivity contribution in [2.75, 3.05) is 5.73 Å². The Balaban J connectivity index is 2.13. The molecule has 0 unspecified atom stereocenters. The fourth-order valence-corrected chi connectivity index (χ4v) is 2.58. The van der Waals surface area contributed by atoms with Crippen molar-refractivity contribution in [3.8, 4) is 0 Å². The standard InChI is InChI=1S/C17H18BrNO2/c1-10-6-11(2)14(12(3)7-10)9-21-17(20)13-4-5-15(18)16(19)8-13/h4-8H,9,19H2,1-3H3. The number of hydrogen-bond acceptors (Lipinski definition) is 3. The maximum absolute atomic E-state index is 12.1. The molecule has 3 nitrogen and oxygen atoms in total. The van der Waals surface area contributed by atoms with Crippen molar-refractivity contribution in [1.29, 1.82) is 0 Å². The number of anilines is 1. The van der Waals surface area contributed by atoms with Gasteiger partial charge in [-0.3, -0.25) is 0 Å². The third-order valence-corrected chi connectivity index (χ3v) is 4.14. The Hall–Kier alpha value is -1.81. The van der Waals surface area contributed by atoms with Gasteiger partial charge in [0.05, 0.1) is 5.56 Å². The first-order valence-corrected chi connectivity index (χ1v) is 7.46. The normalized spacial score (nSPS) is 10.5. The second kappa shape index (κ2) is 6.31. The topological polar surface area (TPSA) is 52.3 Å². The van der Waals surface area contributed by atoms with Crippen LogP contribution in [0.4, 0.5) is 5.69 Å². The highest BCUT2D eigenvalue weighted by atomic mass is 79.9. The van der Waals surface area contributed by atoms with E-state index in [0.717, 1.165) is 21.2 Å². The van der Waals surface area contributed by atoms with Gasteiger partial charge in [-0.25, -0.2) is 4.79 Å². The molecule has 0 bridgehead atoms. The molecule has 2 aromatic carbocycles. The van der Waals surface area contributed by atoms with Crippen LogP contribution in [0.5, 0.6) is 0 Å². The largest absolute Gasteiger partial charge is 0.457 e. The Kier molecular flexibility index (Phi) is 4.68. The minimum absolute atomic E-state index is 0.271. The third-order valence-electron chi connectivity index (χ3n) is 3.42. The molecule has 0 heterocycles. The number of carbonyl (C=O) groups excluding carboxylic acids is 1. The zero-order chi connectivity index (χ0) is 15.6. The second-order valence-electron chi connectivity index (χ2n) is 5.19. The van der Waals surface area contributed by atoms with Crippen molar-refractivity contribution in [2.45, 2.75) is 27.4 Å².